The minimum Gasteiger partial charge on any atom is -0.495 e. The number of anilines is 1. The normalized spacial score (nSPS) is 11.6. The second-order valence-electron chi connectivity index (χ2n) is 7.35. The Hall–Kier alpha value is -3.52. The first-order chi connectivity index (χ1) is 15.8. The number of carbonyl (C=O) groups is 2. The zero-order chi connectivity index (χ0) is 24.1. The van der Waals surface area contributed by atoms with Gasteiger partial charge in [-0.25, -0.2) is 9.78 Å². The first-order valence-electron chi connectivity index (χ1n) is 10.3. The fourth-order valence-corrected chi connectivity index (χ4v) is 3.38. The van der Waals surface area contributed by atoms with Crippen molar-refractivity contribution < 1.29 is 23.8 Å². The van der Waals surface area contributed by atoms with E-state index in [2.05, 4.69) is 15.3 Å². The van der Waals surface area contributed by atoms with Gasteiger partial charge in [0.1, 0.15) is 17.3 Å². The van der Waals surface area contributed by atoms with Gasteiger partial charge < -0.3 is 24.5 Å². The summed E-state index contributed by atoms with van der Waals surface area (Å²) in [4.78, 5) is 33.1. The number of benzene rings is 2. The second kappa shape index (κ2) is 10.4. The van der Waals surface area contributed by atoms with E-state index in [0.29, 0.717) is 27.8 Å². The molecule has 0 aliphatic heterocycles. The lowest BCUT2D eigenvalue weighted by Gasteiger charge is -2.18. The van der Waals surface area contributed by atoms with E-state index in [-0.39, 0.29) is 6.42 Å². The SMILES string of the molecule is CCC(OC(=O)c1ccc(-c2nc(C)c(C)[nH]2)cc1)C(=O)Nc1cc(Cl)c(OC)cc1OC. The molecule has 0 saturated heterocycles. The van der Waals surface area contributed by atoms with Gasteiger partial charge in [0.15, 0.2) is 6.10 Å². The van der Waals surface area contributed by atoms with Gasteiger partial charge in [-0.05, 0) is 38.5 Å². The van der Waals surface area contributed by atoms with E-state index >= 15 is 0 Å². The number of nitrogens with zero attached hydrogens (tertiary/aromatic N) is 1. The molecule has 174 valence electrons. The number of methoxy groups -OCH3 is 2. The number of aromatic amines is 1. The molecule has 3 aromatic rings. The highest BCUT2D eigenvalue weighted by Crippen LogP contribution is 2.36. The summed E-state index contributed by atoms with van der Waals surface area (Å²) >= 11 is 6.16. The molecule has 1 aromatic heterocycles. The molecule has 0 saturated carbocycles. The number of amides is 1. The second-order valence-corrected chi connectivity index (χ2v) is 7.76. The molecule has 3 rings (SSSR count). The first-order valence-corrected chi connectivity index (χ1v) is 10.7. The molecule has 33 heavy (non-hydrogen) atoms. The number of esters is 1. The summed E-state index contributed by atoms with van der Waals surface area (Å²) in [6, 6.07) is 9.92. The number of imidazole rings is 1. The molecule has 2 aromatic carbocycles. The van der Waals surface area contributed by atoms with Gasteiger partial charge in [-0.15, -0.1) is 0 Å². The van der Waals surface area contributed by atoms with Gasteiger partial charge in [-0.3, -0.25) is 4.79 Å². The Morgan fingerprint density at radius 2 is 1.76 bits per heavy atom. The average molecular weight is 472 g/mol. The maximum absolute atomic E-state index is 12.8. The molecule has 0 bridgehead atoms. The number of rotatable bonds is 8. The Bertz CT molecular complexity index is 1140. The summed E-state index contributed by atoms with van der Waals surface area (Å²) in [6.45, 7) is 5.62. The number of H-pyrrole nitrogens is 1. The molecular weight excluding hydrogens is 446 g/mol. The number of carbonyl (C=O) groups excluding carboxylic acids is 2. The lowest BCUT2D eigenvalue weighted by molar-refractivity contribution is -0.124. The molecular formula is C24H26ClN3O5. The van der Waals surface area contributed by atoms with E-state index in [1.54, 1.807) is 37.3 Å². The van der Waals surface area contributed by atoms with Crippen LogP contribution >= 0.6 is 11.6 Å². The number of hydrogen-bond donors (Lipinski definition) is 2. The van der Waals surface area contributed by atoms with E-state index in [0.717, 1.165) is 22.8 Å². The molecule has 0 radical (unpaired) electrons. The van der Waals surface area contributed by atoms with Crippen molar-refractivity contribution in [2.45, 2.75) is 33.3 Å². The third-order valence-electron chi connectivity index (χ3n) is 5.17. The van der Waals surface area contributed by atoms with Crippen LogP contribution in [0.25, 0.3) is 11.4 Å². The molecule has 0 aliphatic rings. The summed E-state index contributed by atoms with van der Waals surface area (Å²) in [7, 11) is 2.94. The van der Waals surface area contributed by atoms with Crippen LogP contribution in [0.5, 0.6) is 11.5 Å². The molecule has 0 fully saturated rings. The van der Waals surface area contributed by atoms with E-state index in [1.807, 2.05) is 13.8 Å². The largest absolute Gasteiger partial charge is 0.495 e. The quantitative estimate of drug-likeness (QED) is 0.451. The predicted molar refractivity (Wildman–Crippen MR) is 126 cm³/mol. The molecule has 8 nitrogen and oxygen atoms in total. The van der Waals surface area contributed by atoms with Crippen LogP contribution in [0.2, 0.25) is 5.02 Å². The fraction of sp³-hybridized carbons (Fsp3) is 0.292. The smallest absolute Gasteiger partial charge is 0.338 e. The lowest BCUT2D eigenvalue weighted by atomic mass is 10.1. The van der Waals surface area contributed by atoms with Crippen LogP contribution in [0.3, 0.4) is 0 Å². The lowest BCUT2D eigenvalue weighted by Crippen LogP contribution is -2.32. The number of halogens is 1. The van der Waals surface area contributed by atoms with E-state index in [4.69, 9.17) is 25.8 Å². The van der Waals surface area contributed by atoms with E-state index < -0.39 is 18.0 Å². The van der Waals surface area contributed by atoms with Gasteiger partial charge in [0, 0.05) is 17.3 Å². The van der Waals surface area contributed by atoms with Crippen LogP contribution in [0.4, 0.5) is 5.69 Å². The highest BCUT2D eigenvalue weighted by molar-refractivity contribution is 6.32. The minimum absolute atomic E-state index is 0.285. The summed E-state index contributed by atoms with van der Waals surface area (Å²) in [5, 5.41) is 3.01. The fourth-order valence-electron chi connectivity index (χ4n) is 3.14. The van der Waals surface area contributed by atoms with Crippen LogP contribution < -0.4 is 14.8 Å². The van der Waals surface area contributed by atoms with Gasteiger partial charge in [0.2, 0.25) is 0 Å². The van der Waals surface area contributed by atoms with Crippen molar-refractivity contribution in [2.24, 2.45) is 0 Å². The highest BCUT2D eigenvalue weighted by Gasteiger charge is 2.24. The number of ether oxygens (including phenoxy) is 3. The standard InChI is InChI=1S/C24H26ClN3O5/c1-6-19(23(29)28-18-11-17(25)20(31-4)12-21(18)32-5)33-24(30)16-9-7-15(8-10-16)22-26-13(2)14(3)27-22/h7-12,19H,6H2,1-5H3,(H,26,27)(H,28,29). The van der Waals surface area contributed by atoms with Gasteiger partial charge in [-0.1, -0.05) is 30.7 Å². The third-order valence-corrected chi connectivity index (χ3v) is 5.46. The van der Waals surface area contributed by atoms with Crippen molar-refractivity contribution in [3.63, 3.8) is 0 Å². The topological polar surface area (TPSA) is 103 Å². The summed E-state index contributed by atoms with van der Waals surface area (Å²) in [5.74, 6) is 0.402. The summed E-state index contributed by atoms with van der Waals surface area (Å²) < 4.78 is 15.9. The predicted octanol–water partition coefficient (Wildman–Crippen LogP) is 4.94. The Kier molecular flexibility index (Phi) is 7.60. The molecule has 1 atom stereocenters. The average Bonchev–Trinajstić information content (AvgIpc) is 3.15. The monoisotopic (exact) mass is 471 g/mol. The van der Waals surface area contributed by atoms with Crippen LogP contribution in [0, 0.1) is 13.8 Å². The van der Waals surface area contributed by atoms with Crippen molar-refractivity contribution in [3.8, 4) is 22.9 Å². The van der Waals surface area contributed by atoms with Gasteiger partial charge in [0.05, 0.1) is 36.2 Å². The molecule has 2 N–H and O–H groups in total. The zero-order valence-corrected chi connectivity index (χ0v) is 19.9. The van der Waals surface area contributed by atoms with Crippen molar-refractivity contribution >= 4 is 29.2 Å². The van der Waals surface area contributed by atoms with E-state index in [1.165, 1.54) is 20.3 Å². The van der Waals surface area contributed by atoms with E-state index in [9.17, 15) is 9.59 Å². The van der Waals surface area contributed by atoms with Gasteiger partial charge >= 0.3 is 5.97 Å². The molecule has 0 spiro atoms. The third kappa shape index (κ3) is 5.46. The first kappa shape index (κ1) is 24.1. The van der Waals surface area contributed by atoms with Gasteiger partial charge in [0.25, 0.3) is 5.91 Å². The van der Waals surface area contributed by atoms with Crippen molar-refractivity contribution in [1.29, 1.82) is 0 Å². The highest BCUT2D eigenvalue weighted by atomic mass is 35.5. The Morgan fingerprint density at radius 1 is 1.09 bits per heavy atom. The molecule has 1 amide bonds. The molecule has 0 aliphatic carbocycles. The Labute approximate surface area is 197 Å². The number of hydrogen-bond acceptors (Lipinski definition) is 6. The maximum atomic E-state index is 12.8. The van der Waals surface area contributed by atoms with Crippen molar-refractivity contribution in [3.05, 3.63) is 58.4 Å². The summed E-state index contributed by atoms with van der Waals surface area (Å²) in [5.41, 5.74) is 3.42. The van der Waals surface area contributed by atoms with Crippen LogP contribution in [-0.4, -0.2) is 42.2 Å². The van der Waals surface area contributed by atoms with Crippen LogP contribution in [0.15, 0.2) is 36.4 Å². The molecule has 9 heteroatoms. The van der Waals surface area contributed by atoms with Crippen LogP contribution in [-0.2, 0) is 9.53 Å². The number of aromatic nitrogens is 2. The zero-order valence-electron chi connectivity index (χ0n) is 19.1. The summed E-state index contributed by atoms with van der Waals surface area (Å²) in [6.07, 6.45) is -0.717. The Balaban J connectivity index is 1.70. The maximum Gasteiger partial charge on any atom is 0.338 e. The number of nitrogens with one attached hydrogen (secondary N) is 2. The van der Waals surface area contributed by atoms with Crippen LogP contribution in [0.1, 0.15) is 35.1 Å². The van der Waals surface area contributed by atoms with Crippen molar-refractivity contribution in [2.75, 3.05) is 19.5 Å². The van der Waals surface area contributed by atoms with Crippen molar-refractivity contribution in [1.82, 2.24) is 9.97 Å². The Morgan fingerprint density at radius 3 is 2.30 bits per heavy atom. The molecule has 1 heterocycles. The minimum atomic E-state index is -1.00. The van der Waals surface area contributed by atoms with Gasteiger partial charge in [-0.2, -0.15) is 0 Å². The number of aryl methyl sites for hydroxylation is 2. The molecule has 1 unspecified atom stereocenters.